The third-order valence-corrected chi connectivity index (χ3v) is 2.21. The number of alkyl halides is 3. The van der Waals surface area contributed by atoms with Crippen molar-refractivity contribution in [2.24, 2.45) is 5.73 Å². The van der Waals surface area contributed by atoms with Gasteiger partial charge in [-0.05, 0) is 17.7 Å². The Morgan fingerprint density at radius 1 is 1.22 bits per heavy atom. The largest absolute Gasteiger partial charge is 0.416 e. The summed E-state index contributed by atoms with van der Waals surface area (Å²) in [6.45, 7) is 0.546. The molecule has 100 valence electrons. The second-order valence-corrected chi connectivity index (χ2v) is 3.75. The minimum atomic E-state index is -4.35. The topological polar surface area (TPSA) is 52.3 Å². The molecule has 0 amide bonds. The Bertz CT molecular complexity index is 387. The number of Topliss-reactive ketones (excluding diaryl/α,β-unsaturated/α-hetero) is 1. The third-order valence-electron chi connectivity index (χ3n) is 2.21. The summed E-state index contributed by atoms with van der Waals surface area (Å²) in [7, 11) is 0. The Morgan fingerprint density at radius 3 is 2.33 bits per heavy atom. The van der Waals surface area contributed by atoms with Gasteiger partial charge in [0.1, 0.15) is 6.61 Å². The SMILES string of the molecule is NCCOCC(=O)Cc1ccc(C(F)(F)F)cc1. The molecule has 0 aromatic heterocycles. The normalized spacial score (nSPS) is 11.6. The molecule has 0 atom stereocenters. The number of ether oxygens (including phenoxy) is 1. The summed E-state index contributed by atoms with van der Waals surface area (Å²) in [6.07, 6.45) is -4.30. The van der Waals surface area contributed by atoms with E-state index in [1.807, 2.05) is 0 Å². The van der Waals surface area contributed by atoms with Gasteiger partial charge in [0, 0.05) is 13.0 Å². The number of halogens is 3. The molecule has 0 spiro atoms. The van der Waals surface area contributed by atoms with Crippen molar-refractivity contribution in [2.75, 3.05) is 19.8 Å². The molecule has 0 unspecified atom stereocenters. The number of nitrogens with two attached hydrogens (primary N) is 1. The van der Waals surface area contributed by atoms with Gasteiger partial charge in [-0.1, -0.05) is 12.1 Å². The predicted molar refractivity (Wildman–Crippen MR) is 60.0 cm³/mol. The van der Waals surface area contributed by atoms with E-state index in [2.05, 4.69) is 0 Å². The lowest BCUT2D eigenvalue weighted by Gasteiger charge is -2.07. The number of carbonyl (C=O) groups excluding carboxylic acids is 1. The Morgan fingerprint density at radius 2 is 1.83 bits per heavy atom. The maximum Gasteiger partial charge on any atom is 0.416 e. The molecule has 0 fully saturated rings. The molecule has 1 aromatic carbocycles. The van der Waals surface area contributed by atoms with Crippen LogP contribution in [0.2, 0.25) is 0 Å². The molecule has 0 bridgehead atoms. The Balaban J connectivity index is 2.51. The van der Waals surface area contributed by atoms with Gasteiger partial charge in [-0.3, -0.25) is 4.79 Å². The summed E-state index contributed by atoms with van der Waals surface area (Å²) < 4.78 is 41.8. The van der Waals surface area contributed by atoms with Crippen molar-refractivity contribution in [3.05, 3.63) is 35.4 Å². The second kappa shape index (κ2) is 6.51. The zero-order valence-electron chi connectivity index (χ0n) is 9.67. The van der Waals surface area contributed by atoms with E-state index < -0.39 is 11.7 Å². The average Bonchev–Trinajstić information content (AvgIpc) is 2.29. The molecule has 0 aliphatic heterocycles. The van der Waals surface area contributed by atoms with Crippen molar-refractivity contribution in [1.29, 1.82) is 0 Å². The molecule has 0 aliphatic rings. The molecule has 1 aromatic rings. The summed E-state index contributed by atoms with van der Waals surface area (Å²) in [6, 6.07) is 4.51. The van der Waals surface area contributed by atoms with Gasteiger partial charge in [-0.15, -0.1) is 0 Å². The van der Waals surface area contributed by atoms with Crippen LogP contribution in [0, 0.1) is 0 Å². The van der Waals surface area contributed by atoms with E-state index in [0.29, 0.717) is 18.7 Å². The van der Waals surface area contributed by atoms with E-state index in [1.165, 1.54) is 12.1 Å². The van der Waals surface area contributed by atoms with E-state index >= 15 is 0 Å². The Kier molecular flexibility index (Phi) is 5.30. The van der Waals surface area contributed by atoms with Gasteiger partial charge < -0.3 is 10.5 Å². The van der Waals surface area contributed by atoms with Crippen LogP contribution in [-0.2, 0) is 22.1 Å². The monoisotopic (exact) mass is 261 g/mol. The summed E-state index contributed by atoms with van der Waals surface area (Å²) in [5.41, 5.74) is 4.99. The summed E-state index contributed by atoms with van der Waals surface area (Å²) in [4.78, 5) is 11.4. The van der Waals surface area contributed by atoms with Crippen LogP contribution in [0.5, 0.6) is 0 Å². The highest BCUT2D eigenvalue weighted by Crippen LogP contribution is 2.29. The first-order valence-electron chi connectivity index (χ1n) is 5.39. The van der Waals surface area contributed by atoms with Gasteiger partial charge in [0.05, 0.1) is 12.2 Å². The van der Waals surface area contributed by atoms with Crippen molar-refractivity contribution in [3.8, 4) is 0 Å². The van der Waals surface area contributed by atoms with Crippen molar-refractivity contribution in [3.63, 3.8) is 0 Å². The van der Waals surface area contributed by atoms with Crippen molar-refractivity contribution >= 4 is 5.78 Å². The molecule has 0 radical (unpaired) electrons. The van der Waals surface area contributed by atoms with Crippen LogP contribution >= 0.6 is 0 Å². The lowest BCUT2D eigenvalue weighted by atomic mass is 10.1. The van der Waals surface area contributed by atoms with E-state index in [0.717, 1.165) is 12.1 Å². The molecular formula is C12H14F3NO2. The molecule has 0 saturated carbocycles. The number of benzene rings is 1. The smallest absolute Gasteiger partial charge is 0.372 e. The van der Waals surface area contributed by atoms with Crippen molar-refractivity contribution in [2.45, 2.75) is 12.6 Å². The van der Waals surface area contributed by atoms with Crippen LogP contribution < -0.4 is 5.73 Å². The third kappa shape index (κ3) is 4.85. The number of hydrogen-bond acceptors (Lipinski definition) is 3. The van der Waals surface area contributed by atoms with E-state index in [4.69, 9.17) is 10.5 Å². The maximum absolute atomic E-state index is 12.3. The lowest BCUT2D eigenvalue weighted by molar-refractivity contribution is -0.137. The highest BCUT2D eigenvalue weighted by molar-refractivity contribution is 5.82. The van der Waals surface area contributed by atoms with E-state index in [9.17, 15) is 18.0 Å². The average molecular weight is 261 g/mol. The van der Waals surface area contributed by atoms with Gasteiger partial charge in [0.2, 0.25) is 0 Å². The van der Waals surface area contributed by atoms with E-state index in [-0.39, 0.29) is 18.8 Å². The standard InChI is InChI=1S/C12H14F3NO2/c13-12(14,15)10-3-1-9(2-4-10)7-11(17)8-18-6-5-16/h1-4H,5-8,16H2. The Hall–Kier alpha value is -1.40. The van der Waals surface area contributed by atoms with Gasteiger partial charge in [0.25, 0.3) is 0 Å². The first-order chi connectivity index (χ1) is 8.43. The number of hydrogen-bond donors (Lipinski definition) is 1. The fraction of sp³-hybridized carbons (Fsp3) is 0.417. The van der Waals surface area contributed by atoms with Gasteiger partial charge in [-0.2, -0.15) is 13.2 Å². The first-order valence-corrected chi connectivity index (χ1v) is 5.39. The Labute approximate surface area is 103 Å². The number of ketones is 1. The maximum atomic E-state index is 12.3. The quantitative estimate of drug-likeness (QED) is 0.794. The summed E-state index contributed by atoms with van der Waals surface area (Å²) in [5, 5.41) is 0. The molecule has 0 heterocycles. The van der Waals surface area contributed by atoms with Crippen LogP contribution in [0.4, 0.5) is 13.2 Å². The number of carbonyl (C=O) groups is 1. The molecule has 0 saturated heterocycles. The lowest BCUT2D eigenvalue weighted by Crippen LogP contribution is -2.16. The minimum Gasteiger partial charge on any atom is -0.372 e. The zero-order valence-corrected chi connectivity index (χ0v) is 9.67. The van der Waals surface area contributed by atoms with Crippen LogP contribution in [-0.4, -0.2) is 25.5 Å². The molecule has 18 heavy (non-hydrogen) atoms. The molecule has 2 N–H and O–H groups in total. The summed E-state index contributed by atoms with van der Waals surface area (Å²) >= 11 is 0. The van der Waals surface area contributed by atoms with E-state index in [1.54, 1.807) is 0 Å². The highest BCUT2D eigenvalue weighted by atomic mass is 19.4. The highest BCUT2D eigenvalue weighted by Gasteiger charge is 2.29. The molecule has 0 aliphatic carbocycles. The van der Waals surface area contributed by atoms with Crippen molar-refractivity contribution in [1.82, 2.24) is 0 Å². The first kappa shape index (κ1) is 14.7. The molecule has 1 rings (SSSR count). The second-order valence-electron chi connectivity index (χ2n) is 3.75. The zero-order chi connectivity index (χ0) is 13.6. The van der Waals surface area contributed by atoms with Crippen LogP contribution in [0.25, 0.3) is 0 Å². The molecule has 6 heteroatoms. The van der Waals surface area contributed by atoms with Crippen LogP contribution in [0.3, 0.4) is 0 Å². The molecular weight excluding hydrogens is 247 g/mol. The molecule has 3 nitrogen and oxygen atoms in total. The number of rotatable bonds is 6. The van der Waals surface area contributed by atoms with Crippen molar-refractivity contribution < 1.29 is 22.7 Å². The summed E-state index contributed by atoms with van der Waals surface area (Å²) in [5.74, 6) is -0.191. The van der Waals surface area contributed by atoms with Crippen LogP contribution in [0.15, 0.2) is 24.3 Å². The van der Waals surface area contributed by atoms with Gasteiger partial charge >= 0.3 is 6.18 Å². The van der Waals surface area contributed by atoms with Gasteiger partial charge in [-0.25, -0.2) is 0 Å². The van der Waals surface area contributed by atoms with Gasteiger partial charge in [0.15, 0.2) is 5.78 Å². The van der Waals surface area contributed by atoms with Crippen LogP contribution in [0.1, 0.15) is 11.1 Å². The fourth-order valence-electron chi connectivity index (χ4n) is 1.36. The minimum absolute atomic E-state index is 0.0582. The fourth-order valence-corrected chi connectivity index (χ4v) is 1.36. The predicted octanol–water partition coefficient (Wildman–Crippen LogP) is 1.79.